The third-order valence-corrected chi connectivity index (χ3v) is 3.28. The van der Waals surface area contributed by atoms with Crippen molar-refractivity contribution in [2.24, 2.45) is 0 Å². The molecule has 4 nitrogen and oxygen atoms in total. The maximum Gasteiger partial charge on any atom is 0.408 e. The van der Waals surface area contributed by atoms with Crippen LogP contribution in [0.15, 0.2) is 48.5 Å². The Kier molecular flexibility index (Phi) is 6.07. The predicted octanol–water partition coefficient (Wildman–Crippen LogP) is 3.11. The van der Waals surface area contributed by atoms with Gasteiger partial charge in [-0.1, -0.05) is 55.2 Å². The smallest absolute Gasteiger partial charge is 0.408 e. The van der Waals surface area contributed by atoms with Crippen LogP contribution in [0.5, 0.6) is 0 Å². The first-order valence-corrected chi connectivity index (χ1v) is 7.51. The first-order chi connectivity index (χ1) is 11.2. The second-order valence-electron chi connectivity index (χ2n) is 4.99. The zero-order valence-corrected chi connectivity index (χ0v) is 13.1. The molecule has 2 rings (SSSR count). The summed E-state index contributed by atoms with van der Waals surface area (Å²) < 4.78 is 5.10. The summed E-state index contributed by atoms with van der Waals surface area (Å²) in [6.45, 7) is 2.53. The second-order valence-corrected chi connectivity index (χ2v) is 4.99. The Hall–Kier alpha value is -2.93. The van der Waals surface area contributed by atoms with E-state index in [2.05, 4.69) is 24.1 Å². The van der Waals surface area contributed by atoms with Crippen LogP contribution < -0.4 is 11.1 Å². The highest BCUT2D eigenvalue weighted by atomic mass is 16.5. The molecule has 2 aromatic carbocycles. The summed E-state index contributed by atoms with van der Waals surface area (Å²) in [4.78, 5) is 11.6. The number of alkyl carbamates (subject to hydrolysis) is 1. The Morgan fingerprint density at radius 2 is 1.96 bits per heavy atom. The normalized spacial score (nSPS) is 9.61. The lowest BCUT2D eigenvalue weighted by Gasteiger charge is -2.04. The molecule has 0 fully saturated rings. The Balaban J connectivity index is 1.80. The fourth-order valence-corrected chi connectivity index (χ4v) is 1.96. The lowest BCUT2D eigenvalue weighted by molar-refractivity contribution is 0.141. The third-order valence-electron chi connectivity index (χ3n) is 3.28. The standard InChI is InChI=1S/C19H20N2O2/c1-2-15-10-11-18(20)17(13-15)9-6-12-21-19(22)23-14-16-7-4-3-5-8-16/h3-5,7-8,10-11,13H,2,12,14,20H2,1H3,(H,21,22). The van der Waals surface area contributed by atoms with Gasteiger partial charge in [0.15, 0.2) is 0 Å². The van der Waals surface area contributed by atoms with Crippen molar-refractivity contribution in [2.75, 3.05) is 12.3 Å². The molecule has 3 N–H and O–H groups in total. The van der Waals surface area contributed by atoms with Crippen LogP contribution in [0, 0.1) is 11.8 Å². The highest BCUT2D eigenvalue weighted by Crippen LogP contribution is 2.13. The van der Waals surface area contributed by atoms with E-state index in [0.29, 0.717) is 5.69 Å². The van der Waals surface area contributed by atoms with Gasteiger partial charge in [0.1, 0.15) is 6.61 Å². The van der Waals surface area contributed by atoms with Crippen molar-refractivity contribution >= 4 is 11.8 Å². The number of amides is 1. The molecule has 0 radical (unpaired) electrons. The Morgan fingerprint density at radius 1 is 1.17 bits per heavy atom. The van der Waals surface area contributed by atoms with Gasteiger partial charge in [0, 0.05) is 11.3 Å². The number of benzene rings is 2. The van der Waals surface area contributed by atoms with Crippen LogP contribution in [0.1, 0.15) is 23.6 Å². The summed E-state index contributed by atoms with van der Waals surface area (Å²) in [6.07, 6.45) is 0.442. The Bertz CT molecular complexity index is 715. The van der Waals surface area contributed by atoms with E-state index >= 15 is 0 Å². The number of nitrogens with two attached hydrogens (primary N) is 1. The molecule has 0 heterocycles. The van der Waals surface area contributed by atoms with Crippen molar-refractivity contribution in [2.45, 2.75) is 20.0 Å². The van der Waals surface area contributed by atoms with Gasteiger partial charge in [0.05, 0.1) is 6.54 Å². The molecular formula is C19H20N2O2. The van der Waals surface area contributed by atoms with Crippen molar-refractivity contribution < 1.29 is 9.53 Å². The Labute approximate surface area is 136 Å². The summed E-state index contributed by atoms with van der Waals surface area (Å²) in [7, 11) is 0. The maximum absolute atomic E-state index is 11.6. The number of nitrogen functional groups attached to an aromatic ring is 1. The average molecular weight is 308 g/mol. The molecule has 23 heavy (non-hydrogen) atoms. The number of carbonyl (C=O) groups is 1. The SMILES string of the molecule is CCc1ccc(N)c(C#CCNC(=O)OCc2ccccc2)c1. The number of aryl methyl sites for hydroxylation is 1. The molecule has 0 aliphatic heterocycles. The minimum atomic E-state index is -0.488. The fraction of sp³-hybridized carbons (Fsp3) is 0.211. The summed E-state index contributed by atoms with van der Waals surface area (Å²) in [5, 5.41) is 2.60. The highest BCUT2D eigenvalue weighted by Gasteiger charge is 2.00. The molecule has 2 aromatic rings. The van der Waals surface area contributed by atoms with Gasteiger partial charge in [-0.25, -0.2) is 4.79 Å². The summed E-state index contributed by atoms with van der Waals surface area (Å²) in [6, 6.07) is 15.3. The van der Waals surface area contributed by atoms with E-state index < -0.39 is 6.09 Å². The van der Waals surface area contributed by atoms with Gasteiger partial charge in [-0.15, -0.1) is 0 Å². The molecule has 0 atom stereocenters. The van der Waals surface area contributed by atoms with Crippen LogP contribution in [0.3, 0.4) is 0 Å². The number of anilines is 1. The van der Waals surface area contributed by atoms with Gasteiger partial charge in [-0.3, -0.25) is 0 Å². The predicted molar refractivity (Wildman–Crippen MR) is 91.7 cm³/mol. The van der Waals surface area contributed by atoms with E-state index in [9.17, 15) is 4.79 Å². The number of hydrogen-bond acceptors (Lipinski definition) is 3. The van der Waals surface area contributed by atoms with Crippen molar-refractivity contribution in [3.8, 4) is 11.8 Å². The Morgan fingerprint density at radius 3 is 2.70 bits per heavy atom. The zero-order valence-electron chi connectivity index (χ0n) is 13.1. The van der Waals surface area contributed by atoms with E-state index in [1.165, 1.54) is 5.56 Å². The van der Waals surface area contributed by atoms with Crippen molar-refractivity contribution in [1.82, 2.24) is 5.32 Å². The van der Waals surface area contributed by atoms with E-state index in [1.807, 2.05) is 48.5 Å². The van der Waals surface area contributed by atoms with Crippen molar-refractivity contribution in [3.63, 3.8) is 0 Å². The van der Waals surface area contributed by atoms with Crippen LogP contribution in [-0.4, -0.2) is 12.6 Å². The monoisotopic (exact) mass is 308 g/mol. The van der Waals surface area contributed by atoms with E-state index in [-0.39, 0.29) is 13.2 Å². The number of hydrogen-bond donors (Lipinski definition) is 2. The van der Waals surface area contributed by atoms with Crippen LogP contribution >= 0.6 is 0 Å². The number of rotatable bonds is 4. The van der Waals surface area contributed by atoms with Crippen molar-refractivity contribution in [1.29, 1.82) is 0 Å². The highest BCUT2D eigenvalue weighted by molar-refractivity contribution is 5.67. The van der Waals surface area contributed by atoms with Gasteiger partial charge >= 0.3 is 6.09 Å². The molecule has 4 heteroatoms. The number of carbonyl (C=O) groups excluding carboxylic acids is 1. The maximum atomic E-state index is 11.6. The van der Waals surface area contributed by atoms with E-state index in [4.69, 9.17) is 10.5 Å². The second kappa shape index (κ2) is 8.50. The largest absolute Gasteiger partial charge is 0.445 e. The van der Waals surface area contributed by atoms with Crippen LogP contribution in [0.2, 0.25) is 0 Å². The van der Waals surface area contributed by atoms with Gasteiger partial charge in [-0.2, -0.15) is 0 Å². The van der Waals surface area contributed by atoms with Gasteiger partial charge in [-0.05, 0) is 29.7 Å². The molecule has 0 aliphatic rings. The average Bonchev–Trinajstić information content (AvgIpc) is 2.59. The van der Waals surface area contributed by atoms with Gasteiger partial charge < -0.3 is 15.8 Å². The summed E-state index contributed by atoms with van der Waals surface area (Å²) in [5.74, 6) is 5.85. The van der Waals surface area contributed by atoms with Crippen LogP contribution in [-0.2, 0) is 17.8 Å². The van der Waals surface area contributed by atoms with E-state index in [1.54, 1.807) is 0 Å². The molecule has 0 aromatic heterocycles. The minimum Gasteiger partial charge on any atom is -0.445 e. The topological polar surface area (TPSA) is 64.3 Å². The molecule has 0 bridgehead atoms. The third kappa shape index (κ3) is 5.40. The molecule has 1 amide bonds. The molecule has 118 valence electrons. The van der Waals surface area contributed by atoms with Crippen LogP contribution in [0.25, 0.3) is 0 Å². The first-order valence-electron chi connectivity index (χ1n) is 7.51. The molecule has 0 saturated carbocycles. The van der Waals surface area contributed by atoms with Gasteiger partial charge in [0.2, 0.25) is 0 Å². The molecule has 0 spiro atoms. The fourth-order valence-electron chi connectivity index (χ4n) is 1.96. The molecule has 0 aliphatic carbocycles. The summed E-state index contributed by atoms with van der Waals surface area (Å²) in [5.41, 5.74) is 9.43. The number of nitrogens with one attached hydrogen (secondary N) is 1. The van der Waals surface area contributed by atoms with E-state index in [0.717, 1.165) is 17.5 Å². The number of ether oxygens (including phenoxy) is 1. The molecule has 0 unspecified atom stereocenters. The van der Waals surface area contributed by atoms with Crippen LogP contribution in [0.4, 0.5) is 10.5 Å². The van der Waals surface area contributed by atoms with Gasteiger partial charge in [0.25, 0.3) is 0 Å². The minimum absolute atomic E-state index is 0.212. The molecule has 0 saturated heterocycles. The molecular weight excluding hydrogens is 288 g/mol. The first kappa shape index (κ1) is 16.4. The lowest BCUT2D eigenvalue weighted by atomic mass is 10.1. The van der Waals surface area contributed by atoms with Crippen molar-refractivity contribution in [3.05, 3.63) is 65.2 Å². The quantitative estimate of drug-likeness (QED) is 0.674. The zero-order chi connectivity index (χ0) is 16.5. The lowest BCUT2D eigenvalue weighted by Crippen LogP contribution is -2.24. The summed E-state index contributed by atoms with van der Waals surface area (Å²) >= 11 is 0.